The molecule has 0 radical (unpaired) electrons. The first kappa shape index (κ1) is 11.0. The molecule has 5 N–H and O–H groups in total. The van der Waals surface area contributed by atoms with Gasteiger partial charge in [-0.2, -0.15) is 0 Å². The maximum absolute atomic E-state index is 5.94. The fourth-order valence-corrected chi connectivity index (χ4v) is 2.04. The van der Waals surface area contributed by atoms with E-state index in [0.29, 0.717) is 18.3 Å². The lowest BCUT2D eigenvalue weighted by molar-refractivity contribution is 0.875. The van der Waals surface area contributed by atoms with Gasteiger partial charge in [-0.25, -0.2) is 4.98 Å². The Kier molecular flexibility index (Phi) is 2.83. The van der Waals surface area contributed by atoms with Crippen LogP contribution in [0.1, 0.15) is 30.9 Å². The second-order valence-corrected chi connectivity index (χ2v) is 4.36. The summed E-state index contributed by atoms with van der Waals surface area (Å²) >= 11 is 0. The summed E-state index contributed by atoms with van der Waals surface area (Å²) in [6.07, 6.45) is 4.65. The van der Waals surface area contributed by atoms with Crippen LogP contribution < -0.4 is 11.5 Å². The van der Waals surface area contributed by atoms with Gasteiger partial charge in [0, 0.05) is 17.8 Å². The van der Waals surface area contributed by atoms with E-state index in [1.54, 1.807) is 0 Å². The Bertz CT molecular complexity index is 499. The third-order valence-electron chi connectivity index (χ3n) is 2.88. The van der Waals surface area contributed by atoms with E-state index in [1.807, 2.05) is 12.4 Å². The molecule has 0 saturated carbocycles. The molecule has 2 rings (SSSR count). The van der Waals surface area contributed by atoms with Gasteiger partial charge in [0.15, 0.2) is 0 Å². The van der Waals surface area contributed by atoms with Crippen LogP contribution in [0.5, 0.6) is 0 Å². The van der Waals surface area contributed by atoms with E-state index >= 15 is 0 Å². The Morgan fingerprint density at radius 1 is 1.44 bits per heavy atom. The quantitative estimate of drug-likeness (QED) is 0.734. The van der Waals surface area contributed by atoms with Crippen molar-refractivity contribution in [3.05, 3.63) is 23.5 Å². The molecule has 2 aromatic heterocycles. The van der Waals surface area contributed by atoms with E-state index in [2.05, 4.69) is 23.8 Å². The van der Waals surface area contributed by atoms with Gasteiger partial charge < -0.3 is 16.5 Å². The number of anilines is 1. The molecule has 2 heterocycles. The summed E-state index contributed by atoms with van der Waals surface area (Å²) in [6.45, 7) is 4.92. The summed E-state index contributed by atoms with van der Waals surface area (Å²) in [5.74, 6) is 1.03. The fraction of sp³-hybridized carbons (Fsp3) is 0.417. The minimum Gasteiger partial charge on any atom is -0.383 e. The second kappa shape index (κ2) is 4.14. The lowest BCUT2D eigenvalue weighted by Crippen LogP contribution is -2.04. The van der Waals surface area contributed by atoms with Gasteiger partial charge in [-0.1, -0.05) is 13.8 Å². The van der Waals surface area contributed by atoms with Crippen molar-refractivity contribution in [2.75, 3.05) is 12.3 Å². The first-order valence-electron chi connectivity index (χ1n) is 5.59. The van der Waals surface area contributed by atoms with Gasteiger partial charge in [-0.05, 0) is 30.0 Å². The maximum atomic E-state index is 5.94. The van der Waals surface area contributed by atoms with Gasteiger partial charge in [-0.3, -0.25) is 0 Å². The van der Waals surface area contributed by atoms with Crippen molar-refractivity contribution in [2.24, 2.45) is 5.73 Å². The number of rotatable bonds is 3. The first-order chi connectivity index (χ1) is 7.65. The van der Waals surface area contributed by atoms with Crippen LogP contribution in [0.25, 0.3) is 10.9 Å². The highest BCUT2D eigenvalue weighted by atomic mass is 14.8. The maximum Gasteiger partial charge on any atom is 0.133 e. The Morgan fingerprint density at radius 3 is 2.81 bits per heavy atom. The zero-order valence-electron chi connectivity index (χ0n) is 9.75. The summed E-state index contributed by atoms with van der Waals surface area (Å²) in [6, 6.07) is 0. The van der Waals surface area contributed by atoms with Crippen molar-refractivity contribution in [3.63, 3.8) is 0 Å². The van der Waals surface area contributed by atoms with Gasteiger partial charge in [0.05, 0.1) is 5.52 Å². The van der Waals surface area contributed by atoms with E-state index < -0.39 is 0 Å². The van der Waals surface area contributed by atoms with E-state index in [4.69, 9.17) is 11.5 Å². The number of aromatic nitrogens is 2. The molecule has 0 bridgehead atoms. The van der Waals surface area contributed by atoms with Crippen LogP contribution in [-0.2, 0) is 6.42 Å². The minimum atomic E-state index is 0.436. The third kappa shape index (κ3) is 1.65. The van der Waals surface area contributed by atoms with E-state index in [-0.39, 0.29) is 0 Å². The smallest absolute Gasteiger partial charge is 0.133 e. The number of H-pyrrole nitrogens is 1. The average molecular weight is 218 g/mol. The van der Waals surface area contributed by atoms with Crippen molar-refractivity contribution in [1.29, 1.82) is 0 Å². The topological polar surface area (TPSA) is 80.7 Å². The Labute approximate surface area is 95.0 Å². The third-order valence-corrected chi connectivity index (χ3v) is 2.88. The molecular weight excluding hydrogens is 200 g/mol. The first-order valence-corrected chi connectivity index (χ1v) is 5.59. The second-order valence-electron chi connectivity index (χ2n) is 4.36. The summed E-state index contributed by atoms with van der Waals surface area (Å²) in [7, 11) is 0. The monoisotopic (exact) mass is 218 g/mol. The average Bonchev–Trinajstić information content (AvgIpc) is 2.68. The van der Waals surface area contributed by atoms with Crippen molar-refractivity contribution in [1.82, 2.24) is 9.97 Å². The van der Waals surface area contributed by atoms with Crippen LogP contribution in [0.15, 0.2) is 12.4 Å². The molecule has 4 nitrogen and oxygen atoms in total. The Balaban J connectivity index is 2.68. The summed E-state index contributed by atoms with van der Waals surface area (Å²) in [5, 5.41) is 1.06. The number of nitrogens with zero attached hydrogens (tertiary/aromatic N) is 1. The van der Waals surface area contributed by atoms with Crippen molar-refractivity contribution in [3.8, 4) is 0 Å². The van der Waals surface area contributed by atoms with E-state index in [1.165, 1.54) is 5.56 Å². The number of pyridine rings is 1. The number of aromatic amines is 1. The highest BCUT2D eigenvalue weighted by Gasteiger charge is 2.13. The molecule has 4 heteroatoms. The van der Waals surface area contributed by atoms with Crippen LogP contribution in [0.3, 0.4) is 0 Å². The zero-order valence-corrected chi connectivity index (χ0v) is 9.75. The standard InChI is InChI=1S/C12H18N4/c1-7(2)9-6-15-11-8(3-4-13)5-16-12(14)10(9)11/h5-7,15H,3-4,13H2,1-2H3,(H2,14,16). The molecule has 0 atom stereocenters. The highest BCUT2D eigenvalue weighted by molar-refractivity contribution is 5.94. The van der Waals surface area contributed by atoms with E-state index in [0.717, 1.165) is 22.9 Å². The number of nitrogens with two attached hydrogens (primary N) is 2. The Morgan fingerprint density at radius 2 is 2.19 bits per heavy atom. The van der Waals surface area contributed by atoms with Gasteiger partial charge >= 0.3 is 0 Å². The number of hydrogen-bond acceptors (Lipinski definition) is 3. The van der Waals surface area contributed by atoms with Gasteiger partial charge in [-0.15, -0.1) is 0 Å². The van der Waals surface area contributed by atoms with Crippen LogP contribution in [0, 0.1) is 0 Å². The molecule has 86 valence electrons. The van der Waals surface area contributed by atoms with Gasteiger partial charge in [0.1, 0.15) is 5.82 Å². The molecule has 0 fully saturated rings. The molecule has 16 heavy (non-hydrogen) atoms. The number of hydrogen-bond donors (Lipinski definition) is 3. The molecule has 0 saturated heterocycles. The lowest BCUT2D eigenvalue weighted by atomic mass is 10.0. The molecule has 0 aliphatic rings. The van der Waals surface area contributed by atoms with Crippen molar-refractivity contribution >= 4 is 16.7 Å². The summed E-state index contributed by atoms with van der Waals surface area (Å²) in [4.78, 5) is 7.53. The Hall–Kier alpha value is -1.55. The largest absolute Gasteiger partial charge is 0.383 e. The summed E-state index contributed by atoms with van der Waals surface area (Å²) in [5.41, 5.74) is 15.0. The lowest BCUT2D eigenvalue weighted by Gasteiger charge is -2.06. The van der Waals surface area contributed by atoms with Crippen LogP contribution in [-0.4, -0.2) is 16.5 Å². The van der Waals surface area contributed by atoms with Gasteiger partial charge in [0.2, 0.25) is 0 Å². The van der Waals surface area contributed by atoms with E-state index in [9.17, 15) is 0 Å². The minimum absolute atomic E-state index is 0.436. The zero-order chi connectivity index (χ0) is 11.7. The molecule has 0 amide bonds. The molecular formula is C12H18N4. The number of nitrogen functional groups attached to an aromatic ring is 1. The van der Waals surface area contributed by atoms with Gasteiger partial charge in [0.25, 0.3) is 0 Å². The SMILES string of the molecule is CC(C)c1c[nH]c2c(CCN)cnc(N)c12. The predicted octanol–water partition coefficient (Wildman–Crippen LogP) is 1.77. The number of fused-ring (bicyclic) bond motifs is 1. The molecule has 0 aliphatic heterocycles. The molecule has 0 aliphatic carbocycles. The number of nitrogens with one attached hydrogen (secondary N) is 1. The molecule has 2 aromatic rings. The van der Waals surface area contributed by atoms with Crippen LogP contribution in [0.4, 0.5) is 5.82 Å². The normalized spacial score (nSPS) is 11.5. The van der Waals surface area contributed by atoms with Crippen molar-refractivity contribution in [2.45, 2.75) is 26.2 Å². The molecule has 0 spiro atoms. The van der Waals surface area contributed by atoms with Crippen LogP contribution in [0.2, 0.25) is 0 Å². The fourth-order valence-electron chi connectivity index (χ4n) is 2.04. The highest BCUT2D eigenvalue weighted by Crippen LogP contribution is 2.30. The van der Waals surface area contributed by atoms with Crippen molar-refractivity contribution < 1.29 is 0 Å². The predicted molar refractivity (Wildman–Crippen MR) is 67.4 cm³/mol. The molecule has 0 aromatic carbocycles. The summed E-state index contributed by atoms with van der Waals surface area (Å²) < 4.78 is 0. The van der Waals surface area contributed by atoms with Crippen LogP contribution >= 0.6 is 0 Å². The molecule has 0 unspecified atom stereocenters.